The Balaban J connectivity index is 1.56. The molecule has 0 saturated heterocycles. The summed E-state index contributed by atoms with van der Waals surface area (Å²) in [5.74, 6) is -0.0593. The van der Waals surface area contributed by atoms with Crippen molar-refractivity contribution in [3.05, 3.63) is 70.2 Å². The molecule has 0 aliphatic carbocycles. The second-order valence-electron chi connectivity index (χ2n) is 9.38. The smallest absolute Gasteiger partial charge is 0.268 e. The molecule has 0 aliphatic rings. The molecule has 0 fully saturated rings. The number of benzene rings is 2. The average molecular weight is 514 g/mol. The van der Waals surface area contributed by atoms with Gasteiger partial charge in [0, 0.05) is 31.0 Å². The highest BCUT2D eigenvalue weighted by Gasteiger charge is 2.22. The van der Waals surface area contributed by atoms with E-state index in [1.54, 1.807) is 56.4 Å². The van der Waals surface area contributed by atoms with E-state index in [2.05, 4.69) is 26.7 Å². The molecule has 9 nitrogen and oxygen atoms in total. The van der Waals surface area contributed by atoms with Crippen molar-refractivity contribution in [3.63, 3.8) is 0 Å². The third kappa shape index (κ3) is 5.22. The van der Waals surface area contributed by atoms with Crippen molar-refractivity contribution < 1.29 is 9.59 Å². The highest BCUT2D eigenvalue weighted by molar-refractivity contribution is 7.21. The Morgan fingerprint density at radius 2 is 1.86 bits per heavy atom. The summed E-state index contributed by atoms with van der Waals surface area (Å²) in [5.41, 5.74) is 9.36. The Morgan fingerprint density at radius 3 is 2.57 bits per heavy atom. The Morgan fingerprint density at radius 1 is 1.11 bits per heavy atom. The molecule has 0 aliphatic heterocycles. The summed E-state index contributed by atoms with van der Waals surface area (Å²) in [7, 11) is 3.70. The van der Waals surface area contributed by atoms with E-state index in [4.69, 9.17) is 5.73 Å². The summed E-state index contributed by atoms with van der Waals surface area (Å²) >= 11 is 1.17. The van der Waals surface area contributed by atoms with Crippen molar-refractivity contribution in [2.75, 3.05) is 35.4 Å². The first-order valence-electron chi connectivity index (χ1n) is 11.5. The van der Waals surface area contributed by atoms with Gasteiger partial charge in [-0.3, -0.25) is 9.59 Å². The molecule has 37 heavy (non-hydrogen) atoms. The molecule has 0 unspecified atom stereocenters. The first-order chi connectivity index (χ1) is 17.5. The molecule has 2 aromatic carbocycles. The minimum atomic E-state index is -0.717. The average Bonchev–Trinajstić information content (AvgIpc) is 3.21. The third-order valence-electron chi connectivity index (χ3n) is 5.96. The van der Waals surface area contributed by atoms with Gasteiger partial charge < -0.3 is 21.3 Å². The number of thiophene rings is 1. The number of aromatic nitrogens is 2. The van der Waals surface area contributed by atoms with Crippen LogP contribution in [0, 0.1) is 18.3 Å². The van der Waals surface area contributed by atoms with Crippen LogP contribution < -0.4 is 21.3 Å². The Kier molecular flexibility index (Phi) is 6.83. The zero-order chi connectivity index (χ0) is 26.9. The Bertz CT molecular complexity index is 1570. The highest BCUT2D eigenvalue weighted by Crippen LogP contribution is 2.33. The van der Waals surface area contributed by atoms with Crippen LogP contribution in [-0.4, -0.2) is 35.9 Å². The molecule has 188 valence electrons. The number of carbonyl (C=O) groups is 2. The monoisotopic (exact) mass is 513 g/mol. The van der Waals surface area contributed by atoms with Gasteiger partial charge in [0.25, 0.3) is 11.8 Å². The van der Waals surface area contributed by atoms with Crippen LogP contribution in [0.25, 0.3) is 10.3 Å². The van der Waals surface area contributed by atoms with Gasteiger partial charge in [-0.25, -0.2) is 9.97 Å². The lowest BCUT2D eigenvalue weighted by atomic mass is 9.85. The second-order valence-corrected chi connectivity index (χ2v) is 10.4. The largest absolute Gasteiger partial charge is 0.396 e. The fourth-order valence-electron chi connectivity index (χ4n) is 3.59. The van der Waals surface area contributed by atoms with Crippen LogP contribution in [0.3, 0.4) is 0 Å². The van der Waals surface area contributed by atoms with Crippen molar-refractivity contribution in [2.24, 2.45) is 0 Å². The normalized spacial score (nSPS) is 11.1. The number of fused-ring (bicyclic) bond motifs is 1. The SMILES string of the molecule is Cc1ccc(NC(=O)c2cccc(C(C)(C)C#N)c2)cc1NC(=O)c1sc2ncc(N(C)C)nc2c1N. The van der Waals surface area contributed by atoms with E-state index in [1.165, 1.54) is 11.3 Å². The molecular formula is C27H27N7O2S. The van der Waals surface area contributed by atoms with Crippen LogP contribution in [0.1, 0.15) is 45.0 Å². The molecule has 2 aromatic heterocycles. The van der Waals surface area contributed by atoms with Gasteiger partial charge in [-0.2, -0.15) is 5.26 Å². The van der Waals surface area contributed by atoms with Gasteiger partial charge in [0.2, 0.25) is 0 Å². The van der Waals surface area contributed by atoms with Gasteiger partial charge in [-0.1, -0.05) is 18.2 Å². The minimum Gasteiger partial charge on any atom is -0.396 e. The summed E-state index contributed by atoms with van der Waals surface area (Å²) in [5, 5.41) is 15.2. The van der Waals surface area contributed by atoms with E-state index in [9.17, 15) is 14.9 Å². The molecule has 4 aromatic rings. The zero-order valence-electron chi connectivity index (χ0n) is 21.2. The number of aryl methyl sites for hydroxylation is 1. The minimum absolute atomic E-state index is 0.274. The fraction of sp³-hybridized carbons (Fsp3) is 0.222. The predicted molar refractivity (Wildman–Crippen MR) is 148 cm³/mol. The third-order valence-corrected chi connectivity index (χ3v) is 7.06. The number of hydrogen-bond donors (Lipinski definition) is 3. The fourth-order valence-corrected chi connectivity index (χ4v) is 4.49. The van der Waals surface area contributed by atoms with Crippen molar-refractivity contribution in [1.29, 1.82) is 5.26 Å². The Labute approximate surface area is 219 Å². The summed E-state index contributed by atoms with van der Waals surface area (Å²) in [6.07, 6.45) is 1.63. The molecular weight excluding hydrogens is 486 g/mol. The van der Waals surface area contributed by atoms with E-state index >= 15 is 0 Å². The maximum atomic E-state index is 13.1. The summed E-state index contributed by atoms with van der Waals surface area (Å²) in [6, 6.07) is 14.5. The lowest BCUT2D eigenvalue weighted by molar-refractivity contribution is 0.102. The van der Waals surface area contributed by atoms with Gasteiger partial charge in [-0.15, -0.1) is 11.3 Å². The van der Waals surface area contributed by atoms with Crippen molar-refractivity contribution in [3.8, 4) is 6.07 Å². The number of nitrogens with one attached hydrogen (secondary N) is 2. The van der Waals surface area contributed by atoms with E-state index in [0.717, 1.165) is 11.1 Å². The second kappa shape index (κ2) is 9.87. The van der Waals surface area contributed by atoms with Crippen LogP contribution in [0.15, 0.2) is 48.7 Å². The predicted octanol–water partition coefficient (Wildman–Crippen LogP) is 4.95. The van der Waals surface area contributed by atoms with Gasteiger partial charge in [0.15, 0.2) is 0 Å². The topological polar surface area (TPSA) is 137 Å². The van der Waals surface area contributed by atoms with Crippen LogP contribution >= 0.6 is 11.3 Å². The first kappa shape index (κ1) is 25.6. The zero-order valence-corrected chi connectivity index (χ0v) is 22.0. The molecule has 0 radical (unpaired) electrons. The number of nitrogens with two attached hydrogens (primary N) is 1. The molecule has 10 heteroatoms. The number of nitrogen functional groups attached to an aromatic ring is 1. The molecule has 0 spiro atoms. The standard InChI is InChI=1S/C27H27N7O2S/c1-15-9-10-18(31-24(35)16-7-6-8-17(11-16)27(2,3)14-28)12-19(15)32-25(36)23-21(29)22-26(37-23)30-13-20(33-22)34(4)5/h6-13H,29H2,1-5H3,(H,31,35)(H,32,36). The molecule has 2 amide bonds. The Hall–Kier alpha value is -4.49. The lowest BCUT2D eigenvalue weighted by Gasteiger charge is -2.17. The molecule has 4 rings (SSSR count). The van der Waals surface area contributed by atoms with E-state index in [1.807, 2.05) is 32.0 Å². The number of carbonyl (C=O) groups excluding carboxylic acids is 2. The summed E-state index contributed by atoms with van der Waals surface area (Å²) in [6.45, 7) is 5.46. The number of anilines is 4. The molecule has 0 saturated carbocycles. The summed E-state index contributed by atoms with van der Waals surface area (Å²) in [4.78, 5) is 37.7. The highest BCUT2D eigenvalue weighted by atomic mass is 32.1. The van der Waals surface area contributed by atoms with Crippen molar-refractivity contribution >= 4 is 56.4 Å². The van der Waals surface area contributed by atoms with Gasteiger partial charge >= 0.3 is 0 Å². The molecule has 2 heterocycles. The van der Waals surface area contributed by atoms with Crippen LogP contribution in [0.5, 0.6) is 0 Å². The number of hydrogen-bond acceptors (Lipinski definition) is 8. The van der Waals surface area contributed by atoms with E-state index in [0.29, 0.717) is 38.0 Å². The van der Waals surface area contributed by atoms with Crippen LogP contribution in [0.2, 0.25) is 0 Å². The number of amides is 2. The first-order valence-corrected chi connectivity index (χ1v) is 12.3. The van der Waals surface area contributed by atoms with Crippen LogP contribution in [0.4, 0.5) is 22.9 Å². The molecule has 0 atom stereocenters. The maximum absolute atomic E-state index is 13.1. The van der Waals surface area contributed by atoms with Gasteiger partial charge in [0.05, 0.1) is 23.4 Å². The number of rotatable bonds is 6. The van der Waals surface area contributed by atoms with Crippen LogP contribution in [-0.2, 0) is 5.41 Å². The van der Waals surface area contributed by atoms with Gasteiger partial charge in [-0.05, 0) is 56.2 Å². The molecule has 4 N–H and O–H groups in total. The summed E-state index contributed by atoms with van der Waals surface area (Å²) < 4.78 is 0. The van der Waals surface area contributed by atoms with Crippen molar-refractivity contribution in [1.82, 2.24) is 9.97 Å². The lowest BCUT2D eigenvalue weighted by Crippen LogP contribution is -2.17. The van der Waals surface area contributed by atoms with Crippen molar-refractivity contribution in [2.45, 2.75) is 26.2 Å². The number of nitriles is 1. The number of nitrogens with zero attached hydrogens (tertiary/aromatic N) is 4. The molecule has 0 bridgehead atoms. The maximum Gasteiger partial charge on any atom is 0.268 e. The quantitative estimate of drug-likeness (QED) is 0.332. The van der Waals surface area contributed by atoms with E-state index < -0.39 is 5.41 Å². The van der Waals surface area contributed by atoms with E-state index in [-0.39, 0.29) is 17.5 Å². The van der Waals surface area contributed by atoms with Gasteiger partial charge in [0.1, 0.15) is 21.0 Å².